The molecule has 1 aliphatic rings. The van der Waals surface area contributed by atoms with Crippen molar-refractivity contribution >= 4 is 62.7 Å². The quantitative estimate of drug-likeness (QED) is 0.358. The van der Waals surface area contributed by atoms with E-state index in [1.54, 1.807) is 23.1 Å². The lowest BCUT2D eigenvalue weighted by Gasteiger charge is -2.31. The third kappa shape index (κ3) is 7.91. The van der Waals surface area contributed by atoms with Crippen molar-refractivity contribution in [2.24, 2.45) is 0 Å². The molecule has 3 rings (SSSR count). The van der Waals surface area contributed by atoms with E-state index in [1.165, 1.54) is 18.2 Å². The van der Waals surface area contributed by atoms with E-state index in [0.717, 1.165) is 41.3 Å². The Bertz CT molecular complexity index is 949. The van der Waals surface area contributed by atoms with Crippen molar-refractivity contribution in [2.75, 3.05) is 5.75 Å². The molecular formula is C25H29BrCl2N2O2S. The lowest BCUT2D eigenvalue weighted by atomic mass is 9.95. The minimum absolute atomic E-state index is 0.0885. The predicted octanol–water partition coefficient (Wildman–Crippen LogP) is 6.86. The summed E-state index contributed by atoms with van der Waals surface area (Å²) < 4.78 is 0.939. The molecule has 2 aromatic carbocycles. The average molecular weight is 572 g/mol. The van der Waals surface area contributed by atoms with Crippen LogP contribution in [0.25, 0.3) is 0 Å². The van der Waals surface area contributed by atoms with Crippen LogP contribution < -0.4 is 5.32 Å². The molecule has 178 valence electrons. The molecule has 1 saturated carbocycles. The fourth-order valence-corrected chi connectivity index (χ4v) is 6.07. The topological polar surface area (TPSA) is 49.4 Å². The molecule has 0 spiro atoms. The van der Waals surface area contributed by atoms with Crippen LogP contribution in [0.3, 0.4) is 0 Å². The molecule has 1 atom stereocenters. The van der Waals surface area contributed by atoms with E-state index in [-0.39, 0.29) is 23.6 Å². The number of carbonyl (C=O) groups is 2. The number of amides is 2. The summed E-state index contributed by atoms with van der Waals surface area (Å²) in [6.45, 7) is 2.18. The van der Waals surface area contributed by atoms with Crippen LogP contribution in [0.2, 0.25) is 10.0 Å². The maximum atomic E-state index is 13.3. The largest absolute Gasteiger partial charge is 0.352 e. The van der Waals surface area contributed by atoms with Crippen molar-refractivity contribution in [1.82, 2.24) is 10.2 Å². The first-order chi connectivity index (χ1) is 15.8. The van der Waals surface area contributed by atoms with Crippen LogP contribution in [0.1, 0.15) is 50.2 Å². The van der Waals surface area contributed by atoms with Crippen LogP contribution in [0.4, 0.5) is 0 Å². The molecule has 0 aliphatic heterocycles. The molecule has 0 heterocycles. The van der Waals surface area contributed by atoms with Gasteiger partial charge in [-0.2, -0.15) is 0 Å². The van der Waals surface area contributed by atoms with Gasteiger partial charge < -0.3 is 10.2 Å². The summed E-state index contributed by atoms with van der Waals surface area (Å²) in [4.78, 5) is 28.0. The molecule has 0 unspecified atom stereocenters. The molecule has 0 bridgehead atoms. The number of rotatable bonds is 9. The van der Waals surface area contributed by atoms with Crippen molar-refractivity contribution in [3.8, 4) is 0 Å². The van der Waals surface area contributed by atoms with E-state index < -0.39 is 6.04 Å². The Morgan fingerprint density at radius 2 is 1.79 bits per heavy atom. The summed E-state index contributed by atoms with van der Waals surface area (Å²) in [5.74, 6) is 0.577. The first-order valence-electron chi connectivity index (χ1n) is 11.2. The normalized spacial score (nSPS) is 15.2. The van der Waals surface area contributed by atoms with Gasteiger partial charge in [0.05, 0.1) is 5.75 Å². The Hall–Kier alpha value is -1.21. The van der Waals surface area contributed by atoms with Gasteiger partial charge in [0, 0.05) is 32.9 Å². The summed E-state index contributed by atoms with van der Waals surface area (Å²) in [6.07, 6.45) is 5.52. The third-order valence-electron chi connectivity index (χ3n) is 5.89. The van der Waals surface area contributed by atoms with Gasteiger partial charge in [-0.15, -0.1) is 11.8 Å². The van der Waals surface area contributed by atoms with Gasteiger partial charge >= 0.3 is 0 Å². The van der Waals surface area contributed by atoms with Gasteiger partial charge in [0.15, 0.2) is 0 Å². The summed E-state index contributed by atoms with van der Waals surface area (Å²) in [7, 11) is 0. The van der Waals surface area contributed by atoms with Crippen molar-refractivity contribution in [3.63, 3.8) is 0 Å². The lowest BCUT2D eigenvalue weighted by molar-refractivity contribution is -0.139. The summed E-state index contributed by atoms with van der Waals surface area (Å²) in [5, 5.41) is 4.35. The monoisotopic (exact) mass is 570 g/mol. The molecule has 2 amide bonds. The Kier molecular flexibility index (Phi) is 10.4. The highest BCUT2D eigenvalue weighted by Gasteiger charge is 2.28. The first-order valence-corrected chi connectivity index (χ1v) is 13.9. The highest BCUT2D eigenvalue weighted by molar-refractivity contribution is 9.10. The van der Waals surface area contributed by atoms with Crippen LogP contribution in [-0.2, 0) is 21.9 Å². The number of hydrogen-bond acceptors (Lipinski definition) is 3. The molecule has 1 aliphatic carbocycles. The highest BCUT2D eigenvalue weighted by Crippen LogP contribution is 2.28. The fourth-order valence-electron chi connectivity index (χ4n) is 3.98. The van der Waals surface area contributed by atoms with Crippen molar-refractivity contribution < 1.29 is 9.59 Å². The summed E-state index contributed by atoms with van der Waals surface area (Å²) >= 11 is 17.5. The molecule has 1 fully saturated rings. The number of hydrogen-bond donors (Lipinski definition) is 1. The second-order valence-electron chi connectivity index (χ2n) is 8.36. The number of halogens is 3. The standard InChI is InChI=1S/C25H29BrCl2N2O2S/c1-17(25(32)29-20-9-3-2-4-10-20)30(14-18-7-5-8-19(26)13-18)24(31)16-33-15-21-22(27)11-6-12-23(21)28/h5-8,11-13,17,20H,2-4,9-10,14-16H2,1H3,(H,29,32)/t17-/m1/s1. The van der Waals surface area contributed by atoms with Gasteiger partial charge in [-0.25, -0.2) is 0 Å². The molecule has 0 radical (unpaired) electrons. The van der Waals surface area contributed by atoms with Gasteiger partial charge in [-0.1, -0.05) is 76.6 Å². The first kappa shape index (κ1) is 26.4. The zero-order valence-corrected chi connectivity index (χ0v) is 22.6. The molecule has 4 nitrogen and oxygen atoms in total. The third-order valence-corrected chi connectivity index (χ3v) is 8.04. The van der Waals surface area contributed by atoms with E-state index >= 15 is 0 Å². The number of thioether (sulfide) groups is 1. The number of nitrogens with zero attached hydrogens (tertiary/aromatic N) is 1. The molecule has 1 N–H and O–H groups in total. The van der Waals surface area contributed by atoms with Crippen LogP contribution in [0, 0.1) is 0 Å². The minimum atomic E-state index is -0.567. The maximum absolute atomic E-state index is 13.3. The second kappa shape index (κ2) is 13.0. The lowest BCUT2D eigenvalue weighted by Crippen LogP contribution is -2.50. The van der Waals surface area contributed by atoms with Crippen molar-refractivity contribution in [2.45, 2.75) is 63.4 Å². The molecule has 0 aromatic heterocycles. The van der Waals surface area contributed by atoms with Crippen LogP contribution >= 0.6 is 50.9 Å². The zero-order chi connectivity index (χ0) is 23.8. The Morgan fingerprint density at radius 1 is 1.12 bits per heavy atom. The average Bonchev–Trinajstić information content (AvgIpc) is 2.79. The van der Waals surface area contributed by atoms with Crippen molar-refractivity contribution in [3.05, 3.63) is 68.1 Å². The highest BCUT2D eigenvalue weighted by atomic mass is 79.9. The fraction of sp³-hybridized carbons (Fsp3) is 0.440. The van der Waals surface area contributed by atoms with E-state index in [1.807, 2.05) is 31.2 Å². The van der Waals surface area contributed by atoms with Gasteiger partial charge in [0.2, 0.25) is 11.8 Å². The number of carbonyl (C=O) groups excluding carboxylic acids is 2. The SMILES string of the molecule is C[C@H](C(=O)NC1CCCCC1)N(Cc1cccc(Br)c1)C(=O)CSCc1c(Cl)cccc1Cl. The maximum Gasteiger partial charge on any atom is 0.242 e. The van der Waals surface area contributed by atoms with Crippen LogP contribution in [0.15, 0.2) is 46.9 Å². The Balaban J connectivity index is 1.68. The summed E-state index contributed by atoms with van der Waals surface area (Å²) in [5.41, 5.74) is 1.79. The Labute approximate surface area is 218 Å². The number of nitrogens with one attached hydrogen (secondary N) is 1. The van der Waals surface area contributed by atoms with Gasteiger partial charge in [0.25, 0.3) is 0 Å². The minimum Gasteiger partial charge on any atom is -0.352 e. The zero-order valence-electron chi connectivity index (χ0n) is 18.7. The molecular weight excluding hydrogens is 543 g/mol. The van der Waals surface area contributed by atoms with E-state index in [4.69, 9.17) is 23.2 Å². The van der Waals surface area contributed by atoms with Crippen LogP contribution in [0.5, 0.6) is 0 Å². The van der Waals surface area contributed by atoms with E-state index in [0.29, 0.717) is 22.3 Å². The van der Waals surface area contributed by atoms with Gasteiger partial charge in [-0.3, -0.25) is 9.59 Å². The molecule has 0 saturated heterocycles. The van der Waals surface area contributed by atoms with Gasteiger partial charge in [-0.05, 0) is 55.2 Å². The van der Waals surface area contributed by atoms with E-state index in [9.17, 15) is 9.59 Å². The second-order valence-corrected chi connectivity index (χ2v) is 11.1. The molecule has 8 heteroatoms. The molecule has 2 aromatic rings. The molecule has 33 heavy (non-hydrogen) atoms. The number of benzene rings is 2. The van der Waals surface area contributed by atoms with Gasteiger partial charge in [0.1, 0.15) is 6.04 Å². The smallest absolute Gasteiger partial charge is 0.242 e. The van der Waals surface area contributed by atoms with E-state index in [2.05, 4.69) is 21.2 Å². The van der Waals surface area contributed by atoms with Crippen molar-refractivity contribution in [1.29, 1.82) is 0 Å². The summed E-state index contributed by atoms with van der Waals surface area (Å²) in [6, 6.07) is 12.8. The van der Waals surface area contributed by atoms with Crippen LogP contribution in [-0.4, -0.2) is 34.6 Å². The predicted molar refractivity (Wildman–Crippen MR) is 142 cm³/mol. The Morgan fingerprint density at radius 3 is 2.45 bits per heavy atom.